The zero-order valence-electron chi connectivity index (χ0n) is 9.12. The van der Waals surface area contributed by atoms with E-state index >= 15 is 0 Å². The van der Waals surface area contributed by atoms with Crippen molar-refractivity contribution < 1.29 is 0 Å². The maximum absolute atomic E-state index is 3.73. The Balaban J connectivity index is 2.95. The van der Waals surface area contributed by atoms with Gasteiger partial charge in [0, 0.05) is 18.9 Å². The second-order valence-corrected chi connectivity index (χ2v) is 3.47. The van der Waals surface area contributed by atoms with E-state index in [1.54, 1.807) is 0 Å². The van der Waals surface area contributed by atoms with Crippen LogP contribution in [0.2, 0.25) is 0 Å². The number of nitrogens with zero attached hydrogens (tertiary/aromatic N) is 1. The summed E-state index contributed by atoms with van der Waals surface area (Å²) in [6.07, 6.45) is 3.93. The molecule has 0 atom stereocenters. The van der Waals surface area contributed by atoms with Gasteiger partial charge in [-0.25, -0.2) is 0 Å². The van der Waals surface area contributed by atoms with Crippen LogP contribution in [0.4, 0.5) is 5.69 Å². The van der Waals surface area contributed by atoms with E-state index in [-0.39, 0.29) is 0 Å². The maximum atomic E-state index is 3.73. The second kappa shape index (κ2) is 4.66. The van der Waals surface area contributed by atoms with Gasteiger partial charge in [-0.2, -0.15) is 0 Å². The number of anilines is 1. The van der Waals surface area contributed by atoms with Crippen LogP contribution in [0, 0.1) is 6.92 Å². The topological polar surface area (TPSA) is 3.24 Å². The molecule has 1 aromatic rings. The number of hydrogen-bond acceptors (Lipinski definition) is 1. The Bertz CT molecular complexity index is 350. The molecule has 0 bridgehead atoms. The Morgan fingerprint density at radius 3 is 2.57 bits per heavy atom. The number of aryl methyl sites for hydroxylation is 1. The van der Waals surface area contributed by atoms with Crippen molar-refractivity contribution in [2.24, 2.45) is 0 Å². The van der Waals surface area contributed by atoms with Crippen molar-refractivity contribution in [3.63, 3.8) is 0 Å². The molecular weight excluding hydrogens is 170 g/mol. The molecule has 0 aromatic heterocycles. The zero-order valence-corrected chi connectivity index (χ0v) is 9.12. The smallest absolute Gasteiger partial charge is 0.0433 e. The van der Waals surface area contributed by atoms with Gasteiger partial charge in [0.05, 0.1) is 0 Å². The van der Waals surface area contributed by atoms with E-state index in [1.807, 2.05) is 13.0 Å². The van der Waals surface area contributed by atoms with E-state index in [1.165, 1.54) is 11.3 Å². The summed E-state index contributed by atoms with van der Waals surface area (Å²) in [5, 5.41) is 0. The van der Waals surface area contributed by atoms with Gasteiger partial charge in [0.2, 0.25) is 0 Å². The quantitative estimate of drug-likeness (QED) is 0.654. The minimum absolute atomic E-state index is 1.16. The molecule has 1 nitrogen and oxygen atoms in total. The molecule has 74 valence electrons. The summed E-state index contributed by atoms with van der Waals surface area (Å²) in [5.41, 5.74) is 3.67. The summed E-state index contributed by atoms with van der Waals surface area (Å²) in [6.45, 7) is 7.89. The van der Waals surface area contributed by atoms with E-state index in [0.29, 0.717) is 0 Å². The van der Waals surface area contributed by atoms with Crippen molar-refractivity contribution in [3.8, 4) is 0 Å². The van der Waals surface area contributed by atoms with Gasteiger partial charge in [-0.15, -0.1) is 0 Å². The predicted molar refractivity (Wildman–Crippen MR) is 63.5 cm³/mol. The van der Waals surface area contributed by atoms with Crippen LogP contribution in [0.5, 0.6) is 0 Å². The van der Waals surface area contributed by atoms with Crippen LogP contribution in [0.15, 0.2) is 48.7 Å². The summed E-state index contributed by atoms with van der Waals surface area (Å²) >= 11 is 0. The minimum atomic E-state index is 1.16. The normalized spacial score (nSPS) is 11.2. The van der Waals surface area contributed by atoms with E-state index in [9.17, 15) is 0 Å². The average Bonchev–Trinajstić information content (AvgIpc) is 2.18. The SMILES string of the molecule is C=C/C(C)=C/N(C)c1ccccc1C. The highest BCUT2D eigenvalue weighted by Crippen LogP contribution is 2.18. The standard InChI is InChI=1S/C13H17N/c1-5-11(2)10-14(4)13-9-7-6-8-12(13)3/h5-10H,1H2,2-4H3/b11-10+. The number of rotatable bonds is 3. The summed E-state index contributed by atoms with van der Waals surface area (Å²) in [6, 6.07) is 8.33. The van der Waals surface area contributed by atoms with Crippen molar-refractivity contribution in [1.82, 2.24) is 0 Å². The Hall–Kier alpha value is -1.50. The fourth-order valence-electron chi connectivity index (χ4n) is 1.39. The lowest BCUT2D eigenvalue weighted by Crippen LogP contribution is -2.09. The van der Waals surface area contributed by atoms with Gasteiger partial charge in [0.25, 0.3) is 0 Å². The van der Waals surface area contributed by atoms with Crippen molar-refractivity contribution in [1.29, 1.82) is 0 Å². The lowest BCUT2D eigenvalue weighted by atomic mass is 10.2. The molecule has 14 heavy (non-hydrogen) atoms. The molecule has 0 saturated carbocycles. The van der Waals surface area contributed by atoms with Crippen LogP contribution in [0.25, 0.3) is 0 Å². The molecule has 0 saturated heterocycles. The van der Waals surface area contributed by atoms with Crippen LogP contribution in [-0.4, -0.2) is 7.05 Å². The van der Waals surface area contributed by atoms with E-state index in [0.717, 1.165) is 5.57 Å². The molecule has 0 spiro atoms. The maximum Gasteiger partial charge on any atom is 0.0433 e. The third-order valence-corrected chi connectivity index (χ3v) is 2.21. The number of allylic oxidation sites excluding steroid dienone is 2. The van der Waals surface area contributed by atoms with Gasteiger partial charge < -0.3 is 4.90 Å². The van der Waals surface area contributed by atoms with E-state index in [4.69, 9.17) is 0 Å². The fraction of sp³-hybridized carbons (Fsp3) is 0.231. The Morgan fingerprint density at radius 1 is 1.36 bits per heavy atom. The van der Waals surface area contributed by atoms with Crippen LogP contribution < -0.4 is 4.90 Å². The van der Waals surface area contributed by atoms with E-state index < -0.39 is 0 Å². The summed E-state index contributed by atoms with van der Waals surface area (Å²) < 4.78 is 0. The lowest BCUT2D eigenvalue weighted by molar-refractivity contribution is 1.16. The first-order valence-electron chi connectivity index (χ1n) is 4.74. The van der Waals surface area contributed by atoms with Crippen LogP contribution >= 0.6 is 0 Å². The highest BCUT2D eigenvalue weighted by atomic mass is 15.1. The van der Waals surface area contributed by atoms with Crippen LogP contribution in [-0.2, 0) is 0 Å². The molecule has 0 aliphatic carbocycles. The minimum Gasteiger partial charge on any atom is -0.351 e. The fourth-order valence-corrected chi connectivity index (χ4v) is 1.39. The molecule has 0 fully saturated rings. The van der Waals surface area contributed by atoms with Gasteiger partial charge in [0.15, 0.2) is 0 Å². The largest absolute Gasteiger partial charge is 0.351 e. The van der Waals surface area contributed by atoms with Crippen molar-refractivity contribution in [2.75, 3.05) is 11.9 Å². The molecule has 1 rings (SSSR count). The van der Waals surface area contributed by atoms with Crippen LogP contribution in [0.1, 0.15) is 12.5 Å². The third-order valence-electron chi connectivity index (χ3n) is 2.21. The van der Waals surface area contributed by atoms with Gasteiger partial charge >= 0.3 is 0 Å². The Kier molecular flexibility index (Phi) is 3.52. The summed E-state index contributed by atoms with van der Waals surface area (Å²) in [4.78, 5) is 2.12. The second-order valence-electron chi connectivity index (χ2n) is 3.47. The molecule has 0 aliphatic rings. The highest BCUT2D eigenvalue weighted by Gasteiger charge is 1.99. The molecule has 0 amide bonds. The molecule has 1 heteroatoms. The number of benzene rings is 1. The first kappa shape index (κ1) is 10.6. The van der Waals surface area contributed by atoms with E-state index in [2.05, 4.69) is 55.9 Å². The first-order chi connectivity index (χ1) is 6.65. The third kappa shape index (κ3) is 2.49. The molecule has 0 N–H and O–H groups in total. The van der Waals surface area contributed by atoms with Gasteiger partial charge in [-0.1, -0.05) is 30.9 Å². The van der Waals surface area contributed by atoms with Gasteiger partial charge in [0.1, 0.15) is 0 Å². The lowest BCUT2D eigenvalue weighted by Gasteiger charge is -2.17. The zero-order chi connectivity index (χ0) is 10.6. The Morgan fingerprint density at radius 2 is 2.00 bits per heavy atom. The number of para-hydroxylation sites is 1. The molecule has 0 unspecified atom stereocenters. The van der Waals surface area contributed by atoms with Gasteiger partial charge in [-0.3, -0.25) is 0 Å². The number of hydrogen-bond donors (Lipinski definition) is 0. The van der Waals surface area contributed by atoms with Crippen molar-refractivity contribution in [3.05, 3.63) is 54.3 Å². The molecule has 1 aromatic carbocycles. The van der Waals surface area contributed by atoms with Crippen molar-refractivity contribution >= 4 is 5.69 Å². The van der Waals surface area contributed by atoms with Crippen molar-refractivity contribution in [2.45, 2.75) is 13.8 Å². The average molecular weight is 187 g/mol. The highest BCUT2D eigenvalue weighted by molar-refractivity contribution is 5.55. The first-order valence-corrected chi connectivity index (χ1v) is 4.74. The Labute approximate surface area is 86.4 Å². The predicted octanol–water partition coefficient (Wildman–Crippen LogP) is 3.52. The molecule has 0 radical (unpaired) electrons. The van der Waals surface area contributed by atoms with Crippen LogP contribution in [0.3, 0.4) is 0 Å². The molecule has 0 heterocycles. The molecular formula is C13H17N. The molecule has 0 aliphatic heterocycles. The summed E-state index contributed by atoms with van der Waals surface area (Å²) in [5.74, 6) is 0. The van der Waals surface area contributed by atoms with Gasteiger partial charge in [-0.05, 0) is 31.1 Å². The summed E-state index contributed by atoms with van der Waals surface area (Å²) in [7, 11) is 2.05. The monoisotopic (exact) mass is 187 g/mol.